The molecule has 3 rings (SSSR count). The van der Waals surface area contributed by atoms with Gasteiger partial charge < -0.3 is 20.3 Å². The average Bonchev–Trinajstić information content (AvgIpc) is 2.97. The molecule has 2 N–H and O–H groups in total. The van der Waals surface area contributed by atoms with E-state index in [0.717, 1.165) is 24.3 Å². The SMILES string of the molecule is COc1ccc(N2CC(NC(=O)NC3CCCCC3C)CC2=O)cc1. The van der Waals surface area contributed by atoms with E-state index in [1.807, 2.05) is 24.3 Å². The molecule has 25 heavy (non-hydrogen) atoms. The summed E-state index contributed by atoms with van der Waals surface area (Å²) in [6, 6.07) is 7.32. The Kier molecular flexibility index (Phi) is 5.46. The first kappa shape index (κ1) is 17.6. The molecule has 136 valence electrons. The molecule has 2 aliphatic rings. The molecule has 3 unspecified atom stereocenters. The van der Waals surface area contributed by atoms with Crippen molar-refractivity contribution in [2.75, 3.05) is 18.6 Å². The van der Waals surface area contributed by atoms with Gasteiger partial charge in [-0.05, 0) is 43.0 Å². The largest absolute Gasteiger partial charge is 0.497 e. The van der Waals surface area contributed by atoms with Crippen LogP contribution >= 0.6 is 0 Å². The summed E-state index contributed by atoms with van der Waals surface area (Å²) in [4.78, 5) is 26.3. The molecule has 1 heterocycles. The maximum atomic E-state index is 12.3. The highest BCUT2D eigenvalue weighted by Crippen LogP contribution is 2.25. The van der Waals surface area contributed by atoms with Crippen LogP contribution in [0.15, 0.2) is 24.3 Å². The van der Waals surface area contributed by atoms with Crippen LogP contribution in [0.4, 0.5) is 10.5 Å². The number of benzene rings is 1. The van der Waals surface area contributed by atoms with Crippen molar-refractivity contribution >= 4 is 17.6 Å². The average molecular weight is 345 g/mol. The Balaban J connectivity index is 1.54. The lowest BCUT2D eigenvalue weighted by Crippen LogP contribution is -2.49. The summed E-state index contributed by atoms with van der Waals surface area (Å²) in [7, 11) is 1.61. The van der Waals surface area contributed by atoms with Gasteiger partial charge in [0.2, 0.25) is 5.91 Å². The van der Waals surface area contributed by atoms with Crippen LogP contribution in [0.5, 0.6) is 5.75 Å². The highest BCUT2D eigenvalue weighted by atomic mass is 16.5. The first-order chi connectivity index (χ1) is 12.1. The third-order valence-electron chi connectivity index (χ3n) is 5.27. The zero-order valence-electron chi connectivity index (χ0n) is 15.0. The molecule has 3 amide bonds. The van der Waals surface area contributed by atoms with Crippen LogP contribution in [0.1, 0.15) is 39.0 Å². The predicted octanol–water partition coefficient (Wildman–Crippen LogP) is 2.68. The van der Waals surface area contributed by atoms with Gasteiger partial charge in [-0.1, -0.05) is 19.8 Å². The van der Waals surface area contributed by atoms with Gasteiger partial charge in [0.25, 0.3) is 0 Å². The Hall–Kier alpha value is -2.24. The molecule has 1 aromatic carbocycles. The molecule has 0 spiro atoms. The first-order valence-electron chi connectivity index (χ1n) is 9.08. The summed E-state index contributed by atoms with van der Waals surface area (Å²) in [6.07, 6.45) is 4.95. The molecule has 2 fully saturated rings. The van der Waals surface area contributed by atoms with Gasteiger partial charge in [0.1, 0.15) is 5.75 Å². The zero-order valence-corrected chi connectivity index (χ0v) is 15.0. The van der Waals surface area contributed by atoms with Crippen molar-refractivity contribution in [2.45, 2.75) is 51.1 Å². The van der Waals surface area contributed by atoms with Crippen LogP contribution < -0.4 is 20.3 Å². The maximum Gasteiger partial charge on any atom is 0.315 e. The monoisotopic (exact) mass is 345 g/mol. The van der Waals surface area contributed by atoms with Gasteiger partial charge in [0.15, 0.2) is 0 Å². The van der Waals surface area contributed by atoms with Gasteiger partial charge >= 0.3 is 6.03 Å². The number of urea groups is 1. The number of nitrogens with one attached hydrogen (secondary N) is 2. The molecular weight excluding hydrogens is 318 g/mol. The summed E-state index contributed by atoms with van der Waals surface area (Å²) < 4.78 is 5.14. The number of methoxy groups -OCH3 is 1. The van der Waals surface area contributed by atoms with Crippen LogP contribution in [0.25, 0.3) is 0 Å². The van der Waals surface area contributed by atoms with Crippen molar-refractivity contribution in [3.8, 4) is 5.75 Å². The normalized spacial score (nSPS) is 26.4. The number of anilines is 1. The Labute approximate surface area is 148 Å². The quantitative estimate of drug-likeness (QED) is 0.881. The molecule has 0 aromatic heterocycles. The summed E-state index contributed by atoms with van der Waals surface area (Å²) in [5, 5.41) is 6.05. The fourth-order valence-electron chi connectivity index (χ4n) is 3.74. The van der Waals surface area contributed by atoms with Crippen LogP contribution in [-0.2, 0) is 4.79 Å². The molecule has 0 bridgehead atoms. The molecule has 0 radical (unpaired) electrons. The topological polar surface area (TPSA) is 70.7 Å². The van der Waals surface area contributed by atoms with E-state index in [0.29, 0.717) is 18.9 Å². The second kappa shape index (κ2) is 7.76. The fraction of sp³-hybridized carbons (Fsp3) is 0.579. The van der Waals surface area contributed by atoms with Crippen molar-refractivity contribution in [2.24, 2.45) is 5.92 Å². The predicted molar refractivity (Wildman–Crippen MR) is 96.8 cm³/mol. The van der Waals surface area contributed by atoms with Crippen molar-refractivity contribution in [3.63, 3.8) is 0 Å². The summed E-state index contributed by atoms with van der Waals surface area (Å²) >= 11 is 0. The van der Waals surface area contributed by atoms with E-state index in [4.69, 9.17) is 4.74 Å². The standard InChI is InChI=1S/C19H27N3O3/c1-13-5-3-4-6-17(13)21-19(24)20-14-11-18(23)22(12-14)15-7-9-16(25-2)10-8-15/h7-10,13-14,17H,3-6,11-12H2,1-2H3,(H2,20,21,24). The van der Waals surface area contributed by atoms with Crippen molar-refractivity contribution in [1.29, 1.82) is 0 Å². The number of nitrogens with zero attached hydrogens (tertiary/aromatic N) is 1. The Morgan fingerprint density at radius 2 is 1.88 bits per heavy atom. The Morgan fingerprint density at radius 1 is 1.16 bits per heavy atom. The molecule has 6 nitrogen and oxygen atoms in total. The molecule has 1 saturated carbocycles. The highest BCUT2D eigenvalue weighted by Gasteiger charge is 2.32. The molecule has 3 atom stereocenters. The maximum absolute atomic E-state index is 12.3. The molecule has 1 aliphatic carbocycles. The fourth-order valence-corrected chi connectivity index (χ4v) is 3.74. The number of amides is 3. The number of hydrogen-bond donors (Lipinski definition) is 2. The van der Waals surface area contributed by atoms with Crippen LogP contribution in [0.2, 0.25) is 0 Å². The van der Waals surface area contributed by atoms with Crippen molar-refractivity contribution < 1.29 is 14.3 Å². The van der Waals surface area contributed by atoms with Gasteiger partial charge in [0.05, 0.1) is 13.2 Å². The van der Waals surface area contributed by atoms with Gasteiger partial charge in [0, 0.05) is 24.7 Å². The summed E-state index contributed by atoms with van der Waals surface area (Å²) in [6.45, 7) is 2.69. The second-order valence-electron chi connectivity index (χ2n) is 7.09. The number of hydrogen-bond acceptors (Lipinski definition) is 3. The summed E-state index contributed by atoms with van der Waals surface area (Å²) in [5.41, 5.74) is 0.830. The minimum Gasteiger partial charge on any atom is -0.497 e. The third kappa shape index (κ3) is 4.24. The van der Waals surface area contributed by atoms with E-state index in [9.17, 15) is 9.59 Å². The number of carbonyl (C=O) groups is 2. The Morgan fingerprint density at radius 3 is 2.56 bits per heavy atom. The Bertz CT molecular complexity index is 617. The van der Waals surface area contributed by atoms with Gasteiger partial charge in [-0.3, -0.25) is 4.79 Å². The zero-order chi connectivity index (χ0) is 17.8. The summed E-state index contributed by atoms with van der Waals surface area (Å²) in [5.74, 6) is 1.30. The molecule has 1 aliphatic heterocycles. The first-order valence-corrected chi connectivity index (χ1v) is 9.08. The van der Waals surface area contributed by atoms with Crippen molar-refractivity contribution in [1.82, 2.24) is 10.6 Å². The van der Waals surface area contributed by atoms with E-state index in [1.165, 1.54) is 12.8 Å². The lowest BCUT2D eigenvalue weighted by Gasteiger charge is -2.30. The number of ether oxygens (including phenoxy) is 1. The van der Waals surface area contributed by atoms with E-state index >= 15 is 0 Å². The van der Waals surface area contributed by atoms with E-state index in [2.05, 4.69) is 17.6 Å². The number of carbonyl (C=O) groups excluding carboxylic acids is 2. The third-order valence-corrected chi connectivity index (χ3v) is 5.27. The number of rotatable bonds is 4. The molecule has 1 aromatic rings. The van der Waals surface area contributed by atoms with E-state index in [1.54, 1.807) is 12.0 Å². The highest BCUT2D eigenvalue weighted by molar-refractivity contribution is 5.96. The molecule has 6 heteroatoms. The van der Waals surface area contributed by atoms with Crippen LogP contribution in [-0.4, -0.2) is 37.7 Å². The lowest BCUT2D eigenvalue weighted by molar-refractivity contribution is -0.117. The van der Waals surface area contributed by atoms with Crippen molar-refractivity contribution in [3.05, 3.63) is 24.3 Å². The van der Waals surface area contributed by atoms with Crippen LogP contribution in [0, 0.1) is 5.92 Å². The van der Waals surface area contributed by atoms with E-state index in [-0.39, 0.29) is 24.0 Å². The van der Waals surface area contributed by atoms with Gasteiger partial charge in [-0.2, -0.15) is 0 Å². The minimum atomic E-state index is -0.159. The van der Waals surface area contributed by atoms with Gasteiger partial charge in [-0.25, -0.2) is 4.79 Å². The lowest BCUT2D eigenvalue weighted by atomic mass is 9.86. The van der Waals surface area contributed by atoms with Gasteiger partial charge in [-0.15, -0.1) is 0 Å². The molecular formula is C19H27N3O3. The van der Waals surface area contributed by atoms with Crippen LogP contribution in [0.3, 0.4) is 0 Å². The molecule has 1 saturated heterocycles. The van der Waals surface area contributed by atoms with E-state index < -0.39 is 0 Å². The minimum absolute atomic E-state index is 0.0292. The second-order valence-corrected chi connectivity index (χ2v) is 7.09. The smallest absolute Gasteiger partial charge is 0.315 e.